The second kappa shape index (κ2) is 7.80. The molecular weight excluding hydrogens is 424 g/mol. The molecule has 0 atom stereocenters. The third-order valence-corrected chi connectivity index (χ3v) is 5.80. The summed E-state index contributed by atoms with van der Waals surface area (Å²) in [4.78, 5) is 17.8. The van der Waals surface area contributed by atoms with Crippen molar-refractivity contribution in [1.29, 1.82) is 0 Å². The second-order valence-corrected chi connectivity index (χ2v) is 8.25. The first-order valence-electron chi connectivity index (χ1n) is 10.3. The number of aromatic nitrogens is 4. The smallest absolute Gasteiger partial charge is 0.252 e. The van der Waals surface area contributed by atoms with E-state index in [1.807, 2.05) is 67.9 Å². The minimum absolute atomic E-state index is 0.112. The highest BCUT2D eigenvalue weighted by Gasteiger charge is 2.20. The average molecular weight is 445 g/mol. The van der Waals surface area contributed by atoms with Crippen LogP contribution in [0.4, 0.5) is 0 Å². The zero-order valence-corrected chi connectivity index (χ0v) is 18.7. The molecule has 0 saturated heterocycles. The van der Waals surface area contributed by atoms with Crippen molar-refractivity contribution in [3.8, 4) is 17.1 Å². The van der Waals surface area contributed by atoms with Crippen molar-refractivity contribution in [2.75, 3.05) is 0 Å². The van der Waals surface area contributed by atoms with Crippen LogP contribution < -0.4 is 5.56 Å². The average Bonchev–Trinajstić information content (AvgIpc) is 3.32. The first-order valence-corrected chi connectivity index (χ1v) is 10.7. The van der Waals surface area contributed by atoms with Crippen LogP contribution in [0.2, 0.25) is 5.02 Å². The minimum atomic E-state index is -0.112. The molecule has 0 spiro atoms. The lowest BCUT2D eigenvalue weighted by Crippen LogP contribution is -2.23. The quantitative estimate of drug-likeness (QED) is 0.368. The summed E-state index contributed by atoms with van der Waals surface area (Å²) in [5.74, 6) is 1.13. The number of aryl methyl sites for hydroxylation is 3. The van der Waals surface area contributed by atoms with E-state index in [0.29, 0.717) is 22.4 Å². The maximum Gasteiger partial charge on any atom is 0.252 e. The highest BCUT2D eigenvalue weighted by atomic mass is 35.5. The number of fused-ring (bicyclic) bond motifs is 1. The Labute approximate surface area is 189 Å². The molecule has 2 aromatic carbocycles. The van der Waals surface area contributed by atoms with Crippen molar-refractivity contribution in [2.24, 2.45) is 0 Å². The Kier molecular flexibility index (Phi) is 4.94. The Hall–Kier alpha value is -3.64. The zero-order chi connectivity index (χ0) is 22.4. The van der Waals surface area contributed by atoms with Gasteiger partial charge >= 0.3 is 0 Å². The van der Waals surface area contributed by atoms with Crippen molar-refractivity contribution < 1.29 is 4.42 Å². The summed E-state index contributed by atoms with van der Waals surface area (Å²) in [6, 6.07) is 18.8. The maximum absolute atomic E-state index is 13.1. The van der Waals surface area contributed by atoms with Crippen LogP contribution in [0.25, 0.3) is 28.2 Å². The van der Waals surface area contributed by atoms with Gasteiger partial charge in [0.1, 0.15) is 17.1 Å². The fourth-order valence-corrected chi connectivity index (χ4v) is 4.23. The first kappa shape index (κ1) is 20.3. The number of halogens is 1. The molecule has 6 nitrogen and oxygen atoms in total. The van der Waals surface area contributed by atoms with Gasteiger partial charge < -0.3 is 4.42 Å². The number of hydrogen-bond acceptors (Lipinski definition) is 4. The SMILES string of the molecule is Cc1oc(-c2cccc(Cl)c2)nc1Cn1c(=O)cc(C)c2c(C)nn(-c3ccccc3)c21. The molecule has 0 amide bonds. The van der Waals surface area contributed by atoms with Crippen molar-refractivity contribution in [3.63, 3.8) is 0 Å². The lowest BCUT2D eigenvalue weighted by atomic mass is 10.1. The van der Waals surface area contributed by atoms with E-state index in [2.05, 4.69) is 4.98 Å². The number of oxazole rings is 1. The van der Waals surface area contributed by atoms with E-state index in [0.717, 1.165) is 33.5 Å². The lowest BCUT2D eigenvalue weighted by Gasteiger charge is -2.11. The van der Waals surface area contributed by atoms with Crippen molar-refractivity contribution in [1.82, 2.24) is 19.3 Å². The molecule has 0 bridgehead atoms. The fourth-order valence-electron chi connectivity index (χ4n) is 4.04. The summed E-state index contributed by atoms with van der Waals surface area (Å²) in [6.07, 6.45) is 0. The highest BCUT2D eigenvalue weighted by Crippen LogP contribution is 2.27. The van der Waals surface area contributed by atoms with Crippen molar-refractivity contribution in [2.45, 2.75) is 27.3 Å². The molecule has 5 aromatic rings. The number of rotatable bonds is 4. The van der Waals surface area contributed by atoms with Crippen LogP contribution in [-0.4, -0.2) is 19.3 Å². The summed E-state index contributed by atoms with van der Waals surface area (Å²) >= 11 is 6.13. The van der Waals surface area contributed by atoms with Gasteiger partial charge in [-0.15, -0.1) is 0 Å². The number of benzene rings is 2. The predicted octanol–water partition coefficient (Wildman–Crippen LogP) is 5.47. The van der Waals surface area contributed by atoms with Crippen LogP contribution in [0.15, 0.2) is 69.9 Å². The van der Waals surface area contributed by atoms with Gasteiger partial charge in [0.15, 0.2) is 0 Å². The standard InChI is InChI=1S/C25H21ClN4O2/c1-15-12-22(31)29(25-23(15)16(2)28-30(25)20-10-5-4-6-11-20)14-21-17(3)32-24(27-21)18-8-7-9-19(26)13-18/h4-13H,14H2,1-3H3. The van der Waals surface area contributed by atoms with E-state index in [9.17, 15) is 4.79 Å². The van der Waals surface area contributed by atoms with Crippen LogP contribution in [0, 0.1) is 20.8 Å². The molecule has 3 aromatic heterocycles. The van der Waals surface area contributed by atoms with Gasteiger partial charge in [0.25, 0.3) is 5.56 Å². The molecule has 0 fully saturated rings. The Balaban J connectivity index is 1.68. The highest BCUT2D eigenvalue weighted by molar-refractivity contribution is 6.30. The Morgan fingerprint density at radius 3 is 2.53 bits per heavy atom. The lowest BCUT2D eigenvalue weighted by molar-refractivity contribution is 0.537. The first-order chi connectivity index (χ1) is 15.4. The number of nitrogens with zero attached hydrogens (tertiary/aromatic N) is 4. The van der Waals surface area contributed by atoms with Gasteiger partial charge in [-0.3, -0.25) is 9.36 Å². The van der Waals surface area contributed by atoms with Crippen LogP contribution in [-0.2, 0) is 6.54 Å². The van der Waals surface area contributed by atoms with Gasteiger partial charge in [0.2, 0.25) is 5.89 Å². The molecule has 3 heterocycles. The van der Waals surface area contributed by atoms with Gasteiger partial charge in [0, 0.05) is 22.0 Å². The van der Waals surface area contributed by atoms with E-state index in [1.165, 1.54) is 0 Å². The predicted molar refractivity (Wildman–Crippen MR) is 126 cm³/mol. The fraction of sp³-hybridized carbons (Fsp3) is 0.160. The molecule has 0 N–H and O–H groups in total. The maximum atomic E-state index is 13.1. The molecule has 0 aliphatic rings. The topological polar surface area (TPSA) is 65.8 Å². The normalized spacial score (nSPS) is 11.4. The third-order valence-electron chi connectivity index (χ3n) is 5.56. The second-order valence-electron chi connectivity index (χ2n) is 7.82. The van der Waals surface area contributed by atoms with Crippen LogP contribution in [0.1, 0.15) is 22.7 Å². The van der Waals surface area contributed by atoms with Gasteiger partial charge in [0.05, 0.1) is 17.9 Å². The van der Waals surface area contributed by atoms with Crippen molar-refractivity contribution in [3.05, 3.63) is 98.8 Å². The number of para-hydroxylation sites is 1. The molecule has 0 aliphatic heterocycles. The molecule has 7 heteroatoms. The molecule has 0 unspecified atom stereocenters. The van der Waals surface area contributed by atoms with Crippen molar-refractivity contribution >= 4 is 22.6 Å². The van der Waals surface area contributed by atoms with Crippen LogP contribution >= 0.6 is 11.6 Å². The van der Waals surface area contributed by atoms with Gasteiger partial charge in [-0.2, -0.15) is 5.10 Å². The monoisotopic (exact) mass is 444 g/mol. The Morgan fingerprint density at radius 1 is 1.00 bits per heavy atom. The van der Waals surface area contributed by atoms with E-state index in [-0.39, 0.29) is 12.1 Å². The zero-order valence-electron chi connectivity index (χ0n) is 18.0. The Morgan fingerprint density at radius 2 is 1.78 bits per heavy atom. The number of pyridine rings is 1. The Bertz CT molecular complexity index is 1510. The summed E-state index contributed by atoms with van der Waals surface area (Å²) in [5.41, 5.74) is 4.76. The summed E-state index contributed by atoms with van der Waals surface area (Å²) < 4.78 is 9.45. The molecule has 0 aliphatic carbocycles. The van der Waals surface area contributed by atoms with E-state index >= 15 is 0 Å². The molecule has 0 saturated carbocycles. The summed E-state index contributed by atoms with van der Waals surface area (Å²) in [7, 11) is 0. The van der Waals surface area contributed by atoms with E-state index in [1.54, 1.807) is 22.8 Å². The molecule has 5 rings (SSSR count). The molecule has 160 valence electrons. The summed E-state index contributed by atoms with van der Waals surface area (Å²) in [6.45, 7) is 6.02. The van der Waals surface area contributed by atoms with Gasteiger partial charge in [-0.1, -0.05) is 35.9 Å². The van der Waals surface area contributed by atoms with Gasteiger partial charge in [-0.25, -0.2) is 9.67 Å². The van der Waals surface area contributed by atoms with Crippen LogP contribution in [0.3, 0.4) is 0 Å². The van der Waals surface area contributed by atoms with Crippen LogP contribution in [0.5, 0.6) is 0 Å². The summed E-state index contributed by atoms with van der Waals surface area (Å²) in [5, 5.41) is 6.32. The largest absolute Gasteiger partial charge is 0.441 e. The van der Waals surface area contributed by atoms with E-state index < -0.39 is 0 Å². The van der Waals surface area contributed by atoms with Gasteiger partial charge in [-0.05, 0) is 56.7 Å². The molecule has 0 radical (unpaired) electrons. The molecular formula is C25H21ClN4O2. The minimum Gasteiger partial charge on any atom is -0.441 e. The third kappa shape index (κ3) is 3.42. The van der Waals surface area contributed by atoms with E-state index in [4.69, 9.17) is 21.1 Å². The molecule has 32 heavy (non-hydrogen) atoms. The number of hydrogen-bond donors (Lipinski definition) is 0.